The molecule has 2 saturated heterocycles. The van der Waals surface area contributed by atoms with Crippen molar-refractivity contribution in [2.45, 2.75) is 26.1 Å². The van der Waals surface area contributed by atoms with Gasteiger partial charge in [0.2, 0.25) is 0 Å². The summed E-state index contributed by atoms with van der Waals surface area (Å²) in [5.41, 5.74) is 0. The molecular weight excluding hydrogens is 232 g/mol. The maximum atomic E-state index is 10.1. The van der Waals surface area contributed by atoms with E-state index in [0.717, 1.165) is 0 Å². The van der Waals surface area contributed by atoms with Gasteiger partial charge in [-0.1, -0.05) is 0 Å². The minimum atomic E-state index is -1.45. The van der Waals surface area contributed by atoms with Crippen LogP contribution < -0.4 is 0 Å². The van der Waals surface area contributed by atoms with E-state index in [0.29, 0.717) is 13.2 Å². The van der Waals surface area contributed by atoms with Crippen LogP contribution >= 0.6 is 0 Å². The molecule has 0 N–H and O–H groups in total. The first-order chi connectivity index (χ1) is 6.58. The molecule has 14 heavy (non-hydrogen) atoms. The average molecular weight is 244 g/mol. The summed E-state index contributed by atoms with van der Waals surface area (Å²) < 4.78 is 38.5. The Labute approximate surface area is 87.6 Å². The van der Waals surface area contributed by atoms with Crippen molar-refractivity contribution in [2.75, 3.05) is 13.2 Å². The van der Waals surface area contributed by atoms with E-state index in [1.807, 2.05) is 13.8 Å². The molecule has 6 nitrogen and oxygen atoms in total. The van der Waals surface area contributed by atoms with Crippen LogP contribution in [0.15, 0.2) is 0 Å². The highest BCUT2D eigenvalue weighted by molar-refractivity contribution is 7.75. The first-order valence-electron chi connectivity index (χ1n) is 4.02. The first-order valence-corrected chi connectivity index (χ1v) is 6.02. The van der Waals surface area contributed by atoms with E-state index in [9.17, 15) is 8.42 Å². The van der Waals surface area contributed by atoms with Gasteiger partial charge >= 0.3 is 22.7 Å². The number of hydrogen-bond donors (Lipinski definition) is 0. The van der Waals surface area contributed by atoms with Crippen molar-refractivity contribution in [1.82, 2.24) is 0 Å². The van der Waals surface area contributed by atoms with E-state index < -0.39 is 22.7 Å². The fourth-order valence-corrected chi connectivity index (χ4v) is 2.05. The van der Waals surface area contributed by atoms with E-state index >= 15 is 0 Å². The fraction of sp³-hybridized carbons (Fsp3) is 1.00. The predicted octanol–water partition coefficient (Wildman–Crippen LogP) is 0.000800. The van der Waals surface area contributed by atoms with Gasteiger partial charge in [0, 0.05) is 0 Å². The summed E-state index contributed by atoms with van der Waals surface area (Å²) in [5, 5.41) is 0. The van der Waals surface area contributed by atoms with Crippen molar-refractivity contribution < 1.29 is 25.2 Å². The Morgan fingerprint density at radius 1 is 0.929 bits per heavy atom. The van der Waals surface area contributed by atoms with Gasteiger partial charge < -0.3 is 0 Å². The predicted molar refractivity (Wildman–Crippen MR) is 49.3 cm³/mol. The molecule has 2 heterocycles. The van der Waals surface area contributed by atoms with Crippen LogP contribution in [0, 0.1) is 0 Å². The maximum Gasteiger partial charge on any atom is 0.305 e. The number of hydrogen-bond acceptors (Lipinski definition) is 6. The Bertz CT molecular complexity index is 208. The molecule has 84 valence electrons. The van der Waals surface area contributed by atoms with Crippen LogP contribution in [0.5, 0.6) is 0 Å². The van der Waals surface area contributed by atoms with Gasteiger partial charge in [0.25, 0.3) is 0 Å². The minimum absolute atomic E-state index is 0.000772. The normalized spacial score (nSPS) is 41.9. The van der Waals surface area contributed by atoms with Crippen molar-refractivity contribution in [1.29, 1.82) is 0 Å². The Kier molecular flexibility index (Phi) is 5.13. The summed E-state index contributed by atoms with van der Waals surface area (Å²) in [7, 11) is 0. The quantitative estimate of drug-likeness (QED) is 0.597. The first kappa shape index (κ1) is 12.2. The third kappa shape index (κ3) is 4.58. The van der Waals surface area contributed by atoms with Crippen molar-refractivity contribution >= 4 is 22.7 Å². The molecule has 4 atom stereocenters. The van der Waals surface area contributed by atoms with Crippen molar-refractivity contribution in [3.05, 3.63) is 0 Å². The standard InChI is InChI=1S/2C3H6O3S/c2*1-3-2-5-7(4)6-3/h2*3H,2H2,1H3. The lowest BCUT2D eigenvalue weighted by atomic mass is 10.5. The molecular formula is C6H12O6S2. The van der Waals surface area contributed by atoms with Crippen LogP contribution in [0.4, 0.5) is 0 Å². The Morgan fingerprint density at radius 2 is 1.29 bits per heavy atom. The van der Waals surface area contributed by atoms with Crippen LogP contribution in [0.3, 0.4) is 0 Å². The topological polar surface area (TPSA) is 71.1 Å². The second kappa shape index (κ2) is 5.89. The lowest BCUT2D eigenvalue weighted by molar-refractivity contribution is 0.262. The molecule has 2 aliphatic rings. The zero-order chi connectivity index (χ0) is 10.6. The van der Waals surface area contributed by atoms with Crippen LogP contribution in [0.25, 0.3) is 0 Å². The van der Waals surface area contributed by atoms with Gasteiger partial charge in [0.15, 0.2) is 0 Å². The lowest BCUT2D eigenvalue weighted by Crippen LogP contribution is -2.00. The summed E-state index contributed by atoms with van der Waals surface area (Å²) in [5.74, 6) is 0. The van der Waals surface area contributed by atoms with E-state index in [1.54, 1.807) is 0 Å². The molecule has 2 rings (SSSR count). The summed E-state index contributed by atoms with van der Waals surface area (Å²) in [6.45, 7) is 4.52. The summed E-state index contributed by atoms with van der Waals surface area (Å²) in [6, 6.07) is 0. The second-order valence-corrected chi connectivity index (χ2v) is 4.46. The van der Waals surface area contributed by atoms with Gasteiger partial charge in [-0.3, -0.25) is 16.7 Å². The van der Waals surface area contributed by atoms with Gasteiger partial charge in [0.05, 0.1) is 25.4 Å². The molecule has 4 unspecified atom stereocenters. The molecule has 0 spiro atoms. The Balaban J connectivity index is 0.000000140. The van der Waals surface area contributed by atoms with Gasteiger partial charge in [0.1, 0.15) is 0 Å². The average Bonchev–Trinajstić information content (AvgIpc) is 2.63. The van der Waals surface area contributed by atoms with Gasteiger partial charge in [-0.15, -0.1) is 0 Å². The van der Waals surface area contributed by atoms with Gasteiger partial charge in [-0.2, -0.15) is 8.42 Å². The molecule has 0 saturated carbocycles. The molecule has 0 aliphatic carbocycles. The molecule has 0 aromatic carbocycles. The Morgan fingerprint density at radius 3 is 1.36 bits per heavy atom. The third-order valence-corrected chi connectivity index (χ3v) is 2.91. The third-order valence-electron chi connectivity index (χ3n) is 1.28. The molecule has 0 bridgehead atoms. The van der Waals surface area contributed by atoms with E-state index in [2.05, 4.69) is 16.7 Å². The van der Waals surface area contributed by atoms with E-state index in [-0.39, 0.29) is 12.2 Å². The van der Waals surface area contributed by atoms with E-state index in [4.69, 9.17) is 0 Å². The van der Waals surface area contributed by atoms with Gasteiger partial charge in [-0.05, 0) is 13.8 Å². The smallest absolute Gasteiger partial charge is 0.266 e. The van der Waals surface area contributed by atoms with Gasteiger partial charge in [-0.25, -0.2) is 0 Å². The highest BCUT2D eigenvalue weighted by Gasteiger charge is 2.18. The van der Waals surface area contributed by atoms with Crippen LogP contribution in [-0.2, 0) is 39.5 Å². The maximum absolute atomic E-state index is 10.1. The highest BCUT2D eigenvalue weighted by Crippen LogP contribution is 2.06. The molecule has 2 fully saturated rings. The van der Waals surface area contributed by atoms with Crippen molar-refractivity contribution in [3.63, 3.8) is 0 Å². The number of rotatable bonds is 0. The summed E-state index contributed by atoms with van der Waals surface area (Å²) >= 11 is -2.91. The molecule has 2 aliphatic heterocycles. The fourth-order valence-electron chi connectivity index (χ4n) is 0.682. The molecule has 0 amide bonds. The zero-order valence-electron chi connectivity index (χ0n) is 7.83. The van der Waals surface area contributed by atoms with Crippen molar-refractivity contribution in [3.8, 4) is 0 Å². The monoisotopic (exact) mass is 244 g/mol. The molecule has 8 heteroatoms. The van der Waals surface area contributed by atoms with Crippen LogP contribution in [-0.4, -0.2) is 33.8 Å². The van der Waals surface area contributed by atoms with Crippen LogP contribution in [0.2, 0.25) is 0 Å². The molecule has 0 radical (unpaired) electrons. The summed E-state index contributed by atoms with van der Waals surface area (Å²) in [6.07, 6.45) is 0.00154. The molecule has 0 aromatic rings. The highest BCUT2D eigenvalue weighted by atomic mass is 32.2. The minimum Gasteiger partial charge on any atom is -0.266 e. The van der Waals surface area contributed by atoms with E-state index in [1.165, 1.54) is 0 Å². The largest absolute Gasteiger partial charge is 0.305 e. The van der Waals surface area contributed by atoms with Crippen LogP contribution in [0.1, 0.15) is 13.8 Å². The lowest BCUT2D eigenvalue weighted by Gasteiger charge is -1.88. The Hall–Kier alpha value is 0.140. The van der Waals surface area contributed by atoms with Crippen molar-refractivity contribution in [2.24, 2.45) is 0 Å². The SMILES string of the molecule is CC1COS(=O)O1.CC1COS(=O)O1. The molecule has 0 aromatic heterocycles. The zero-order valence-corrected chi connectivity index (χ0v) is 9.47. The second-order valence-electron chi connectivity index (χ2n) is 2.79. The summed E-state index contributed by atoms with van der Waals surface area (Å²) in [4.78, 5) is 0.